The predicted molar refractivity (Wildman–Crippen MR) is 108 cm³/mol. The van der Waals surface area contributed by atoms with Crippen LogP contribution in [0.5, 0.6) is 0 Å². The van der Waals surface area contributed by atoms with Crippen molar-refractivity contribution in [2.45, 2.75) is 19.3 Å². The molecule has 8 nitrogen and oxygen atoms in total. The van der Waals surface area contributed by atoms with Gasteiger partial charge in [0.2, 0.25) is 11.8 Å². The van der Waals surface area contributed by atoms with Crippen molar-refractivity contribution in [1.29, 1.82) is 0 Å². The van der Waals surface area contributed by atoms with E-state index >= 15 is 0 Å². The fourth-order valence-corrected chi connectivity index (χ4v) is 3.39. The molecule has 0 radical (unpaired) electrons. The van der Waals surface area contributed by atoms with Crippen LogP contribution < -0.4 is 4.90 Å². The number of esters is 1. The maximum atomic E-state index is 12.4. The third kappa shape index (κ3) is 3.98. The minimum absolute atomic E-state index is 0.155. The van der Waals surface area contributed by atoms with Crippen molar-refractivity contribution in [3.05, 3.63) is 65.7 Å². The lowest BCUT2D eigenvalue weighted by atomic mass is 10.1. The lowest BCUT2D eigenvalue weighted by Crippen LogP contribution is -2.29. The maximum absolute atomic E-state index is 12.4. The molecule has 2 aliphatic heterocycles. The fraction of sp³-hybridized carbons (Fsp3) is 0.227. The van der Waals surface area contributed by atoms with Gasteiger partial charge in [0.15, 0.2) is 6.61 Å². The molecule has 30 heavy (non-hydrogen) atoms. The quantitative estimate of drug-likeness (QED) is 0.561. The first-order valence-corrected chi connectivity index (χ1v) is 9.59. The van der Waals surface area contributed by atoms with Crippen LogP contribution in [0.1, 0.15) is 35.2 Å². The van der Waals surface area contributed by atoms with Crippen LogP contribution in [0.3, 0.4) is 0 Å². The number of hydrazone groups is 1. The van der Waals surface area contributed by atoms with Crippen LogP contribution in [0, 0.1) is 0 Å². The lowest BCUT2D eigenvalue weighted by Gasteiger charge is -2.15. The average molecular weight is 405 g/mol. The van der Waals surface area contributed by atoms with Crippen LogP contribution in [-0.4, -0.2) is 47.6 Å². The van der Waals surface area contributed by atoms with Gasteiger partial charge in [-0.1, -0.05) is 36.4 Å². The molecular formula is C22H19N3O5. The molecule has 2 aliphatic rings. The first kappa shape index (κ1) is 19.5. The zero-order chi connectivity index (χ0) is 21.1. The van der Waals surface area contributed by atoms with Crippen LogP contribution in [0.2, 0.25) is 0 Å². The van der Waals surface area contributed by atoms with Gasteiger partial charge in [-0.2, -0.15) is 5.10 Å². The minimum atomic E-state index is -0.712. The number of rotatable bonds is 5. The molecule has 0 bridgehead atoms. The van der Waals surface area contributed by atoms with Crippen molar-refractivity contribution < 1.29 is 23.9 Å². The van der Waals surface area contributed by atoms with E-state index in [1.54, 1.807) is 12.1 Å². The first-order valence-electron chi connectivity index (χ1n) is 9.59. The molecule has 0 aromatic heterocycles. The molecule has 1 saturated heterocycles. The number of hydrogen-bond acceptors (Lipinski definition) is 6. The van der Waals surface area contributed by atoms with Gasteiger partial charge in [0.1, 0.15) is 0 Å². The molecule has 3 amide bonds. The molecular weight excluding hydrogens is 386 g/mol. The van der Waals surface area contributed by atoms with Gasteiger partial charge in [0, 0.05) is 19.3 Å². The van der Waals surface area contributed by atoms with E-state index in [0.717, 1.165) is 16.2 Å². The number of carbonyl (C=O) groups excluding carboxylic acids is 4. The standard InChI is InChI=1S/C22H19N3O5/c26-19-9-10-20(27)25(19)17-8-4-7-16(13-17)22(29)30-14-21(28)24-12-11-18(23-24)15-5-2-1-3-6-15/h1-8,13H,9-12,14H2. The molecule has 0 N–H and O–H groups in total. The second kappa shape index (κ2) is 8.28. The van der Waals surface area contributed by atoms with E-state index in [1.807, 2.05) is 30.3 Å². The average Bonchev–Trinajstić information content (AvgIpc) is 3.39. The normalized spacial score (nSPS) is 16.1. The molecule has 4 rings (SSSR count). The van der Waals surface area contributed by atoms with Crippen molar-refractivity contribution >= 4 is 35.1 Å². The number of benzene rings is 2. The molecule has 2 aromatic rings. The maximum Gasteiger partial charge on any atom is 0.338 e. The second-order valence-corrected chi connectivity index (χ2v) is 6.93. The first-order chi connectivity index (χ1) is 14.5. The lowest BCUT2D eigenvalue weighted by molar-refractivity contribution is -0.134. The van der Waals surface area contributed by atoms with Crippen molar-refractivity contribution in [3.63, 3.8) is 0 Å². The van der Waals surface area contributed by atoms with Gasteiger partial charge in [-0.15, -0.1) is 0 Å². The third-order valence-corrected chi connectivity index (χ3v) is 4.92. The van der Waals surface area contributed by atoms with Gasteiger partial charge in [-0.05, 0) is 23.8 Å². The molecule has 0 spiro atoms. The van der Waals surface area contributed by atoms with E-state index < -0.39 is 18.5 Å². The number of nitrogens with zero attached hydrogens (tertiary/aromatic N) is 3. The Kier molecular flexibility index (Phi) is 5.38. The number of imide groups is 1. The van der Waals surface area contributed by atoms with Crippen molar-refractivity contribution in [2.75, 3.05) is 18.1 Å². The van der Waals surface area contributed by atoms with E-state index in [1.165, 1.54) is 17.1 Å². The summed E-state index contributed by atoms with van der Waals surface area (Å²) in [5.74, 6) is -1.74. The highest BCUT2D eigenvalue weighted by atomic mass is 16.5. The van der Waals surface area contributed by atoms with Crippen LogP contribution in [0.15, 0.2) is 59.7 Å². The van der Waals surface area contributed by atoms with Crippen molar-refractivity contribution in [1.82, 2.24) is 5.01 Å². The monoisotopic (exact) mass is 405 g/mol. The molecule has 0 aliphatic carbocycles. The number of anilines is 1. The van der Waals surface area contributed by atoms with E-state index in [9.17, 15) is 19.2 Å². The zero-order valence-electron chi connectivity index (χ0n) is 16.1. The smallest absolute Gasteiger partial charge is 0.338 e. The number of hydrogen-bond donors (Lipinski definition) is 0. The number of carbonyl (C=O) groups is 4. The summed E-state index contributed by atoms with van der Waals surface area (Å²) < 4.78 is 5.13. The second-order valence-electron chi connectivity index (χ2n) is 6.93. The fourth-order valence-electron chi connectivity index (χ4n) is 3.39. The Bertz CT molecular complexity index is 1030. The van der Waals surface area contributed by atoms with Crippen molar-refractivity contribution in [2.24, 2.45) is 5.10 Å². The van der Waals surface area contributed by atoms with Gasteiger partial charge >= 0.3 is 5.97 Å². The predicted octanol–water partition coefficient (Wildman–Crippen LogP) is 2.13. The highest BCUT2D eigenvalue weighted by Gasteiger charge is 2.30. The SMILES string of the molecule is O=C(OCC(=O)N1CCC(c2ccccc2)=N1)c1cccc(N2C(=O)CCC2=O)c1. The van der Waals surface area contributed by atoms with Gasteiger partial charge in [0.25, 0.3) is 5.91 Å². The summed E-state index contributed by atoms with van der Waals surface area (Å²) in [6, 6.07) is 15.6. The molecule has 2 heterocycles. The Morgan fingerprint density at radius 1 is 0.933 bits per heavy atom. The van der Waals surface area contributed by atoms with Gasteiger partial charge in [-0.25, -0.2) is 9.80 Å². The Balaban J connectivity index is 1.38. The molecule has 0 atom stereocenters. The Morgan fingerprint density at radius 2 is 1.67 bits per heavy atom. The number of ether oxygens (including phenoxy) is 1. The Labute approximate surface area is 172 Å². The summed E-state index contributed by atoms with van der Waals surface area (Å²) in [7, 11) is 0. The highest BCUT2D eigenvalue weighted by molar-refractivity contribution is 6.20. The van der Waals surface area contributed by atoms with E-state index in [4.69, 9.17) is 4.74 Å². The Hall–Kier alpha value is -3.81. The van der Waals surface area contributed by atoms with Crippen LogP contribution in [-0.2, 0) is 19.1 Å². The zero-order valence-corrected chi connectivity index (χ0v) is 16.1. The summed E-state index contributed by atoms with van der Waals surface area (Å²) >= 11 is 0. The highest BCUT2D eigenvalue weighted by Crippen LogP contribution is 2.23. The summed E-state index contributed by atoms with van der Waals surface area (Å²) in [5.41, 5.74) is 2.23. The van der Waals surface area contributed by atoms with Gasteiger partial charge < -0.3 is 4.74 Å². The molecule has 8 heteroatoms. The third-order valence-electron chi connectivity index (χ3n) is 4.92. The molecule has 152 valence electrons. The summed E-state index contributed by atoms with van der Waals surface area (Å²) in [5, 5.41) is 5.62. The molecule has 2 aromatic carbocycles. The molecule has 0 unspecified atom stereocenters. The van der Waals surface area contributed by atoms with Gasteiger partial charge in [0.05, 0.1) is 23.5 Å². The summed E-state index contributed by atoms with van der Waals surface area (Å²) in [4.78, 5) is 49.6. The van der Waals surface area contributed by atoms with E-state index in [2.05, 4.69) is 5.10 Å². The number of amides is 3. The summed E-state index contributed by atoms with van der Waals surface area (Å²) in [6.07, 6.45) is 0.941. The van der Waals surface area contributed by atoms with Crippen molar-refractivity contribution in [3.8, 4) is 0 Å². The van der Waals surface area contributed by atoms with Gasteiger partial charge in [-0.3, -0.25) is 19.3 Å². The molecule has 0 saturated carbocycles. The topological polar surface area (TPSA) is 96.3 Å². The molecule has 1 fully saturated rings. The minimum Gasteiger partial charge on any atom is -0.452 e. The summed E-state index contributed by atoms with van der Waals surface area (Å²) in [6.45, 7) is -0.0223. The van der Waals surface area contributed by atoms with Crippen LogP contribution >= 0.6 is 0 Å². The largest absolute Gasteiger partial charge is 0.452 e. The Morgan fingerprint density at radius 3 is 2.40 bits per heavy atom. The van der Waals surface area contributed by atoms with E-state index in [0.29, 0.717) is 18.7 Å². The van der Waals surface area contributed by atoms with E-state index in [-0.39, 0.29) is 30.2 Å². The van der Waals surface area contributed by atoms with Crippen LogP contribution in [0.25, 0.3) is 0 Å². The van der Waals surface area contributed by atoms with Crippen LogP contribution in [0.4, 0.5) is 5.69 Å².